The molecular weight excluding hydrogens is 342 g/mol. The van der Waals surface area contributed by atoms with Gasteiger partial charge in [0.15, 0.2) is 5.96 Å². The van der Waals surface area contributed by atoms with Crippen LogP contribution in [0.1, 0.15) is 24.8 Å². The summed E-state index contributed by atoms with van der Waals surface area (Å²) in [6.45, 7) is 3.69. The number of guanidine groups is 1. The van der Waals surface area contributed by atoms with Crippen molar-refractivity contribution < 1.29 is 14.2 Å². The highest BCUT2D eigenvalue weighted by Gasteiger charge is 2.14. The Morgan fingerprint density at radius 3 is 3.00 bits per heavy atom. The molecule has 1 aromatic carbocycles. The number of methoxy groups -OCH3 is 1. The molecular formula is C18H28ClN3O3. The lowest BCUT2D eigenvalue weighted by Gasteiger charge is -2.14. The molecule has 7 heteroatoms. The van der Waals surface area contributed by atoms with Gasteiger partial charge in [-0.15, -0.1) is 0 Å². The smallest absolute Gasteiger partial charge is 0.191 e. The normalized spacial score (nSPS) is 17.6. The van der Waals surface area contributed by atoms with Gasteiger partial charge in [0, 0.05) is 43.9 Å². The number of hydrogen-bond acceptors (Lipinski definition) is 4. The van der Waals surface area contributed by atoms with Crippen LogP contribution in [0.25, 0.3) is 0 Å². The van der Waals surface area contributed by atoms with Crippen LogP contribution in [0.5, 0.6) is 5.75 Å². The molecule has 140 valence electrons. The van der Waals surface area contributed by atoms with E-state index >= 15 is 0 Å². The van der Waals surface area contributed by atoms with E-state index in [4.69, 9.17) is 25.8 Å². The van der Waals surface area contributed by atoms with Crippen LogP contribution in [0.2, 0.25) is 5.02 Å². The number of rotatable bonds is 9. The van der Waals surface area contributed by atoms with Gasteiger partial charge in [-0.3, -0.25) is 4.99 Å². The van der Waals surface area contributed by atoms with E-state index in [9.17, 15) is 0 Å². The molecule has 1 fully saturated rings. The first-order chi connectivity index (χ1) is 12.2. The van der Waals surface area contributed by atoms with Crippen LogP contribution in [-0.2, 0) is 16.0 Å². The maximum Gasteiger partial charge on any atom is 0.191 e. The first-order valence-electron chi connectivity index (χ1n) is 8.69. The SMILES string of the molecule is CN=C(NCCCOCC1CCCO1)NCc1ccc(Cl)cc1OC. The third kappa shape index (κ3) is 7.10. The standard InChI is InChI=1S/C18H28ClN3O3/c1-20-18(21-8-4-9-24-13-16-5-3-10-25-16)22-12-14-6-7-15(19)11-17(14)23-2/h6-7,11,16H,3-5,8-10,12-13H2,1-2H3,(H2,20,21,22). The minimum atomic E-state index is 0.289. The Morgan fingerprint density at radius 2 is 2.28 bits per heavy atom. The van der Waals surface area contributed by atoms with E-state index < -0.39 is 0 Å². The van der Waals surface area contributed by atoms with Crippen molar-refractivity contribution in [1.82, 2.24) is 10.6 Å². The molecule has 0 spiro atoms. The Hall–Kier alpha value is -1.50. The Bertz CT molecular complexity index is 548. The van der Waals surface area contributed by atoms with Crippen molar-refractivity contribution in [2.75, 3.05) is 40.5 Å². The molecule has 0 amide bonds. The second-order valence-corrected chi connectivity index (χ2v) is 6.31. The summed E-state index contributed by atoms with van der Waals surface area (Å²) in [5.74, 6) is 1.51. The van der Waals surface area contributed by atoms with Gasteiger partial charge in [0.2, 0.25) is 0 Å². The van der Waals surface area contributed by atoms with Crippen molar-refractivity contribution in [2.45, 2.75) is 31.9 Å². The quantitative estimate of drug-likeness (QED) is 0.398. The number of halogens is 1. The zero-order valence-electron chi connectivity index (χ0n) is 15.0. The molecule has 0 bridgehead atoms. The van der Waals surface area contributed by atoms with Crippen molar-refractivity contribution >= 4 is 17.6 Å². The zero-order chi connectivity index (χ0) is 17.9. The summed E-state index contributed by atoms with van der Waals surface area (Å²) < 4.78 is 16.5. The van der Waals surface area contributed by atoms with Gasteiger partial charge in [-0.25, -0.2) is 0 Å². The van der Waals surface area contributed by atoms with Gasteiger partial charge in [-0.05, 0) is 31.4 Å². The van der Waals surface area contributed by atoms with E-state index in [1.54, 1.807) is 20.2 Å². The second-order valence-electron chi connectivity index (χ2n) is 5.87. The average molecular weight is 370 g/mol. The first kappa shape index (κ1) is 19.8. The van der Waals surface area contributed by atoms with Crippen LogP contribution >= 0.6 is 11.6 Å². The number of hydrogen-bond donors (Lipinski definition) is 2. The zero-order valence-corrected chi connectivity index (χ0v) is 15.8. The number of ether oxygens (including phenoxy) is 3. The van der Waals surface area contributed by atoms with Gasteiger partial charge in [-0.1, -0.05) is 17.7 Å². The summed E-state index contributed by atoms with van der Waals surface area (Å²) in [4.78, 5) is 4.22. The summed E-state index contributed by atoms with van der Waals surface area (Å²) in [5, 5.41) is 7.21. The summed E-state index contributed by atoms with van der Waals surface area (Å²) in [5.41, 5.74) is 1.02. The molecule has 2 rings (SSSR count). The third-order valence-electron chi connectivity index (χ3n) is 4.00. The lowest BCUT2D eigenvalue weighted by molar-refractivity contribution is 0.0168. The third-order valence-corrected chi connectivity index (χ3v) is 4.24. The van der Waals surface area contributed by atoms with Gasteiger partial charge >= 0.3 is 0 Å². The van der Waals surface area contributed by atoms with Gasteiger partial charge in [0.25, 0.3) is 0 Å². The Morgan fingerprint density at radius 1 is 1.40 bits per heavy atom. The molecule has 1 aliphatic heterocycles. The number of nitrogens with zero attached hydrogens (tertiary/aromatic N) is 1. The van der Waals surface area contributed by atoms with Crippen LogP contribution < -0.4 is 15.4 Å². The summed E-state index contributed by atoms with van der Waals surface area (Å²) in [6, 6.07) is 5.60. The summed E-state index contributed by atoms with van der Waals surface area (Å²) in [7, 11) is 3.39. The number of benzene rings is 1. The molecule has 1 unspecified atom stereocenters. The maximum atomic E-state index is 5.98. The molecule has 0 saturated carbocycles. The highest BCUT2D eigenvalue weighted by molar-refractivity contribution is 6.30. The monoisotopic (exact) mass is 369 g/mol. The van der Waals surface area contributed by atoms with Crippen molar-refractivity contribution in [2.24, 2.45) is 4.99 Å². The number of aliphatic imine (C=N–C) groups is 1. The van der Waals surface area contributed by atoms with Crippen LogP contribution in [-0.4, -0.2) is 52.6 Å². The first-order valence-corrected chi connectivity index (χ1v) is 9.07. The van der Waals surface area contributed by atoms with E-state index in [1.165, 1.54) is 0 Å². The van der Waals surface area contributed by atoms with E-state index in [2.05, 4.69) is 15.6 Å². The fourth-order valence-electron chi connectivity index (χ4n) is 2.64. The molecule has 1 aliphatic rings. The lowest BCUT2D eigenvalue weighted by Crippen LogP contribution is -2.37. The Labute approximate surface area is 154 Å². The van der Waals surface area contributed by atoms with Crippen LogP contribution in [0.3, 0.4) is 0 Å². The average Bonchev–Trinajstić information content (AvgIpc) is 3.14. The molecule has 6 nitrogen and oxygen atoms in total. The molecule has 1 aromatic rings. The van der Waals surface area contributed by atoms with Gasteiger partial charge < -0.3 is 24.8 Å². The van der Waals surface area contributed by atoms with Crippen LogP contribution in [0, 0.1) is 0 Å². The van der Waals surface area contributed by atoms with Crippen molar-refractivity contribution in [1.29, 1.82) is 0 Å². The molecule has 2 N–H and O–H groups in total. The molecule has 0 radical (unpaired) electrons. The molecule has 1 heterocycles. The van der Waals surface area contributed by atoms with Gasteiger partial charge in [0.1, 0.15) is 5.75 Å². The minimum Gasteiger partial charge on any atom is -0.496 e. The van der Waals surface area contributed by atoms with Crippen molar-refractivity contribution in [3.05, 3.63) is 28.8 Å². The molecule has 1 atom stereocenters. The molecule has 0 aliphatic carbocycles. The summed E-state index contributed by atoms with van der Waals surface area (Å²) >= 11 is 5.98. The highest BCUT2D eigenvalue weighted by Crippen LogP contribution is 2.22. The van der Waals surface area contributed by atoms with E-state index in [-0.39, 0.29) is 6.10 Å². The van der Waals surface area contributed by atoms with E-state index in [1.807, 2.05) is 12.1 Å². The predicted molar refractivity (Wildman–Crippen MR) is 101 cm³/mol. The van der Waals surface area contributed by atoms with E-state index in [0.29, 0.717) is 18.2 Å². The minimum absolute atomic E-state index is 0.289. The van der Waals surface area contributed by atoms with E-state index in [0.717, 1.165) is 56.3 Å². The van der Waals surface area contributed by atoms with Crippen molar-refractivity contribution in [3.8, 4) is 5.75 Å². The van der Waals surface area contributed by atoms with Gasteiger partial charge in [-0.2, -0.15) is 0 Å². The van der Waals surface area contributed by atoms with Crippen molar-refractivity contribution in [3.63, 3.8) is 0 Å². The molecule has 25 heavy (non-hydrogen) atoms. The molecule has 1 saturated heterocycles. The molecule has 0 aromatic heterocycles. The fraction of sp³-hybridized carbons (Fsp3) is 0.611. The maximum absolute atomic E-state index is 5.98. The predicted octanol–water partition coefficient (Wildman–Crippen LogP) is 2.60. The summed E-state index contributed by atoms with van der Waals surface area (Å²) in [6.07, 6.45) is 3.47. The van der Waals surface area contributed by atoms with Gasteiger partial charge in [0.05, 0.1) is 19.8 Å². The highest BCUT2D eigenvalue weighted by atomic mass is 35.5. The second kappa shape index (κ2) is 11.2. The number of nitrogens with one attached hydrogen (secondary N) is 2. The lowest BCUT2D eigenvalue weighted by atomic mass is 10.2. The van der Waals surface area contributed by atoms with Crippen LogP contribution in [0.15, 0.2) is 23.2 Å². The topological polar surface area (TPSA) is 64.1 Å². The Balaban J connectivity index is 1.62. The Kier molecular flexibility index (Phi) is 8.86. The van der Waals surface area contributed by atoms with Crippen LogP contribution in [0.4, 0.5) is 0 Å². The fourth-order valence-corrected chi connectivity index (χ4v) is 2.80. The largest absolute Gasteiger partial charge is 0.496 e.